The summed E-state index contributed by atoms with van der Waals surface area (Å²) < 4.78 is 0. The third-order valence-electron chi connectivity index (χ3n) is 27.3. The largest absolute Gasteiger partial charge is 0.0622 e. The molecule has 0 spiro atoms. The first-order valence-electron chi connectivity index (χ1n) is 46.4. The second kappa shape index (κ2) is 34.9. The number of hydrogen-bond donors (Lipinski definition) is 0. The molecule has 0 saturated heterocycles. The van der Waals surface area contributed by atoms with Gasteiger partial charge in [-0.2, -0.15) is 0 Å². The fourth-order valence-corrected chi connectivity index (χ4v) is 21.0. The first-order valence-corrected chi connectivity index (χ1v) is 46.4. The highest BCUT2D eigenvalue weighted by Gasteiger charge is 2.24. The maximum absolute atomic E-state index is 2.35. The van der Waals surface area contributed by atoms with Crippen molar-refractivity contribution in [2.24, 2.45) is 0 Å². The van der Waals surface area contributed by atoms with Crippen LogP contribution in [0.3, 0.4) is 0 Å². The van der Waals surface area contributed by atoms with E-state index in [9.17, 15) is 0 Å². The van der Waals surface area contributed by atoms with Crippen molar-refractivity contribution < 1.29 is 0 Å². The van der Waals surface area contributed by atoms with Gasteiger partial charge in [-0.15, -0.1) is 0 Å². The maximum atomic E-state index is 2.35. The van der Waals surface area contributed by atoms with Gasteiger partial charge in [0.25, 0.3) is 0 Å². The van der Waals surface area contributed by atoms with Crippen LogP contribution in [0.5, 0.6) is 0 Å². The molecule has 0 saturated carbocycles. The molecule has 26 rings (SSSR count). The molecular formula is C134H88. The average Bonchev–Trinajstić information content (AvgIpc) is 0.733. The van der Waals surface area contributed by atoms with Crippen molar-refractivity contribution in [2.75, 3.05) is 0 Å². The van der Waals surface area contributed by atoms with E-state index in [0.717, 1.165) is 0 Å². The summed E-state index contributed by atoms with van der Waals surface area (Å²) in [5, 5.41) is 27.9. The molecule has 26 aromatic rings. The van der Waals surface area contributed by atoms with Gasteiger partial charge in [-0.1, -0.05) is 491 Å². The molecule has 0 aliphatic rings. The van der Waals surface area contributed by atoms with Gasteiger partial charge in [0, 0.05) is 0 Å². The van der Waals surface area contributed by atoms with Crippen molar-refractivity contribution in [1.29, 1.82) is 0 Å². The molecule has 0 nitrogen and oxygen atoms in total. The molecule has 0 radical (unpaired) electrons. The van der Waals surface area contributed by atoms with Crippen LogP contribution in [0.4, 0.5) is 0 Å². The van der Waals surface area contributed by atoms with Crippen molar-refractivity contribution >= 4 is 118 Å². The highest BCUT2D eigenvalue weighted by atomic mass is 14.3. The number of benzene rings is 26. The van der Waals surface area contributed by atoms with E-state index in [1.807, 2.05) is 0 Å². The third kappa shape index (κ3) is 14.8. The van der Waals surface area contributed by atoms with Gasteiger partial charge in [0.2, 0.25) is 0 Å². The second-order valence-electron chi connectivity index (χ2n) is 35.1. The smallest absolute Gasteiger partial charge is 0.00201 e. The van der Waals surface area contributed by atoms with E-state index < -0.39 is 0 Å². The Labute approximate surface area is 780 Å². The van der Waals surface area contributed by atoms with Gasteiger partial charge in [0.05, 0.1) is 0 Å². The molecule has 0 heteroatoms. The lowest BCUT2D eigenvalue weighted by atomic mass is 9.84. The molecular weight excluding hydrogens is 1610 g/mol. The number of rotatable bonds is 12. The molecule has 0 bridgehead atoms. The van der Waals surface area contributed by atoms with Crippen molar-refractivity contribution in [3.8, 4) is 134 Å². The Kier molecular flexibility index (Phi) is 20.8. The summed E-state index contributed by atoms with van der Waals surface area (Å²) in [6.45, 7) is 0. The predicted molar refractivity (Wildman–Crippen MR) is 577 cm³/mol. The molecule has 0 aliphatic carbocycles. The first-order chi connectivity index (χ1) is 66.5. The Hall–Kier alpha value is -17.4. The van der Waals surface area contributed by atoms with Gasteiger partial charge in [0.15, 0.2) is 0 Å². The van der Waals surface area contributed by atoms with E-state index in [-0.39, 0.29) is 0 Å². The average molecular weight is 1700 g/mol. The summed E-state index contributed by atoms with van der Waals surface area (Å²) in [4.78, 5) is 0. The van der Waals surface area contributed by atoms with Gasteiger partial charge in [-0.3, -0.25) is 0 Å². The Morgan fingerprint density at radius 2 is 0.254 bits per heavy atom. The molecule has 0 aromatic heterocycles. The number of hydrogen-bond acceptors (Lipinski definition) is 0. The highest BCUT2D eigenvalue weighted by molar-refractivity contribution is 6.27. The summed E-state index contributed by atoms with van der Waals surface area (Å²) in [6, 6.07) is 195. The summed E-state index contributed by atoms with van der Waals surface area (Å²) in [5.41, 5.74) is 30.1. The van der Waals surface area contributed by atoms with Crippen molar-refractivity contribution in [2.45, 2.75) is 0 Å². The minimum Gasteiger partial charge on any atom is -0.0622 e. The standard InChI is InChI=1S/2C46H30.C42H28/c1-2-13-32(14-3-1)45-41-19-6-8-21-43(41)46(44-22-9-7-20-42(44)45)40-23-11-18-38-30-37(26-27-39(38)40)35-17-10-16-34(29-35)36-25-24-31-12-4-5-15-33(31)28-36;1-2-11-31(12-3-1)37-27-28-39-38(30-37)15-10-20-40(39)46-43-18-8-6-16-41(43)45(42-17-7-9-19-44(42)46)34-24-21-33(22-25-34)36-26-23-32-13-4-5-14-35(32)29-36;1-3-13-29(14-4-1)31-17-11-19-34(28-31)41-37-20-7-9-22-39(37)42(40-23-10-8-21-38(40)41)36-24-12-18-33-27-32(25-26-35(33)36)30-15-5-2-6-16-30/h2*1-30H;1-28H. The van der Waals surface area contributed by atoms with Crippen LogP contribution in [0.25, 0.3) is 252 Å². The normalized spacial score (nSPS) is 11.4. The van der Waals surface area contributed by atoms with Crippen molar-refractivity contribution in [3.63, 3.8) is 0 Å². The minimum atomic E-state index is 1.22. The predicted octanol–water partition coefficient (Wildman–Crippen LogP) is 37.7. The first kappa shape index (κ1) is 79.9. The molecule has 0 amide bonds. The van der Waals surface area contributed by atoms with E-state index in [4.69, 9.17) is 0 Å². The molecule has 0 unspecified atom stereocenters. The Morgan fingerprint density at radius 1 is 0.0746 bits per heavy atom. The fourth-order valence-electron chi connectivity index (χ4n) is 21.0. The van der Waals surface area contributed by atoms with Crippen molar-refractivity contribution in [3.05, 3.63) is 534 Å². The quantitative estimate of drug-likeness (QED) is 0.107. The van der Waals surface area contributed by atoms with Crippen molar-refractivity contribution in [1.82, 2.24) is 0 Å². The zero-order valence-corrected chi connectivity index (χ0v) is 73.8. The Bertz CT molecular complexity index is 8850. The van der Waals surface area contributed by atoms with E-state index in [2.05, 4.69) is 534 Å². The topological polar surface area (TPSA) is 0 Å². The zero-order valence-electron chi connectivity index (χ0n) is 73.8. The highest BCUT2D eigenvalue weighted by Crippen LogP contribution is 2.51. The van der Waals surface area contributed by atoms with Crippen LogP contribution in [-0.4, -0.2) is 0 Å². The van der Waals surface area contributed by atoms with Crippen LogP contribution in [-0.2, 0) is 0 Å². The van der Waals surface area contributed by atoms with Gasteiger partial charge in [-0.25, -0.2) is 0 Å². The minimum absolute atomic E-state index is 1.22. The van der Waals surface area contributed by atoms with Gasteiger partial charge >= 0.3 is 0 Å². The molecule has 0 heterocycles. The van der Waals surface area contributed by atoms with Crippen LogP contribution < -0.4 is 0 Å². The lowest BCUT2D eigenvalue weighted by molar-refractivity contribution is 1.61. The van der Waals surface area contributed by atoms with E-state index in [1.54, 1.807) is 0 Å². The van der Waals surface area contributed by atoms with Crippen LogP contribution in [0, 0.1) is 0 Å². The van der Waals surface area contributed by atoms with Crippen LogP contribution in [0.15, 0.2) is 534 Å². The van der Waals surface area contributed by atoms with Crippen LogP contribution in [0.2, 0.25) is 0 Å². The summed E-state index contributed by atoms with van der Waals surface area (Å²) >= 11 is 0. The third-order valence-corrected chi connectivity index (χ3v) is 27.3. The van der Waals surface area contributed by atoms with E-state index in [1.165, 1.54) is 252 Å². The van der Waals surface area contributed by atoms with Gasteiger partial charge in [0.1, 0.15) is 0 Å². The lowest BCUT2D eigenvalue weighted by Crippen LogP contribution is -1.92. The summed E-state index contributed by atoms with van der Waals surface area (Å²) in [5.74, 6) is 0. The lowest BCUT2D eigenvalue weighted by Gasteiger charge is -2.19. The molecule has 0 aliphatic heterocycles. The van der Waals surface area contributed by atoms with Crippen LogP contribution in [0.1, 0.15) is 0 Å². The zero-order chi connectivity index (χ0) is 88.8. The maximum Gasteiger partial charge on any atom is -0.00201 e. The fraction of sp³-hybridized carbons (Fsp3) is 0. The van der Waals surface area contributed by atoms with E-state index >= 15 is 0 Å². The molecule has 134 heavy (non-hydrogen) atoms. The molecule has 0 fully saturated rings. The van der Waals surface area contributed by atoms with Gasteiger partial charge < -0.3 is 0 Å². The van der Waals surface area contributed by atoms with Crippen LogP contribution >= 0.6 is 0 Å². The summed E-state index contributed by atoms with van der Waals surface area (Å²) in [6.07, 6.45) is 0. The number of fused-ring (bicyclic) bond motifs is 11. The molecule has 0 atom stereocenters. The van der Waals surface area contributed by atoms with Gasteiger partial charge in [-0.05, 0) is 294 Å². The second-order valence-corrected chi connectivity index (χ2v) is 35.1. The SMILES string of the molecule is c1ccc(-c2c3ccccc3c(-c3cccc4cc(-c5cccc(-c6ccc7ccccc7c6)c5)ccc34)c3ccccc23)cc1.c1ccc(-c2ccc3c(-c4c5ccccc5c(-c5ccc(-c6ccc7ccccc7c6)cc5)c5ccccc45)cccc3c2)cc1.c1ccc(-c2cccc(-c3c4ccccc4c(-c4cccc5cc(-c6ccccc6)ccc45)c4ccccc34)c2)cc1. The Morgan fingerprint density at radius 3 is 0.582 bits per heavy atom. The summed E-state index contributed by atoms with van der Waals surface area (Å²) in [7, 11) is 0. The molecule has 26 aromatic carbocycles. The molecule has 0 N–H and O–H groups in total. The monoisotopic (exact) mass is 1700 g/mol. The molecule has 624 valence electrons. The Balaban J connectivity index is 0.000000111. The van der Waals surface area contributed by atoms with E-state index in [0.29, 0.717) is 0 Å².